The van der Waals surface area contributed by atoms with Crippen molar-refractivity contribution in [2.75, 3.05) is 4.90 Å². The molecule has 0 bridgehead atoms. The van der Waals surface area contributed by atoms with Crippen molar-refractivity contribution >= 4 is 23.3 Å². The average Bonchev–Trinajstić information content (AvgIpc) is 3.10. The number of halogens is 1. The van der Waals surface area contributed by atoms with E-state index in [1.807, 2.05) is 35.9 Å². The van der Waals surface area contributed by atoms with E-state index in [0.717, 1.165) is 11.2 Å². The highest BCUT2D eigenvalue weighted by atomic mass is 19.1. The number of imidazole rings is 1. The Kier molecular flexibility index (Phi) is 3.72. The summed E-state index contributed by atoms with van der Waals surface area (Å²) in [7, 11) is 0. The number of nitrogens with zero attached hydrogens (tertiary/aromatic N) is 4. The molecule has 6 nitrogen and oxygen atoms in total. The van der Waals surface area contributed by atoms with Crippen molar-refractivity contribution in [3.63, 3.8) is 0 Å². The fraction of sp³-hybridized carbons (Fsp3) is 0.211. The minimum Gasteiger partial charge on any atom is -0.306 e. The second kappa shape index (κ2) is 5.94. The third-order valence-electron chi connectivity index (χ3n) is 4.52. The number of amides is 3. The standard InChI is InChI=1S/C19H17FN4O2/c1-12-3-8-17-21-15(10-22(17)9-12)11-23-18(25)13(2)24(19(23)26)16-6-4-14(20)5-7-16/h3-10,13H,11H2,1-2H3/t13-/m1/s1. The number of benzene rings is 1. The predicted octanol–water partition coefficient (Wildman–Crippen LogP) is 3.14. The van der Waals surface area contributed by atoms with Crippen LogP contribution in [0.3, 0.4) is 0 Å². The summed E-state index contributed by atoms with van der Waals surface area (Å²) in [5.74, 6) is -0.691. The van der Waals surface area contributed by atoms with Crippen molar-refractivity contribution < 1.29 is 14.0 Å². The first-order valence-electron chi connectivity index (χ1n) is 8.28. The number of fused-ring (bicyclic) bond motifs is 1. The number of pyridine rings is 1. The zero-order chi connectivity index (χ0) is 18.4. The molecule has 1 aromatic carbocycles. The molecule has 3 heterocycles. The Morgan fingerprint density at radius 1 is 1.08 bits per heavy atom. The summed E-state index contributed by atoms with van der Waals surface area (Å²) in [4.78, 5) is 32.4. The van der Waals surface area contributed by atoms with Gasteiger partial charge in [0.1, 0.15) is 17.5 Å². The highest BCUT2D eigenvalue weighted by Gasteiger charge is 2.43. The Bertz CT molecular complexity index is 1010. The first-order valence-corrected chi connectivity index (χ1v) is 8.28. The van der Waals surface area contributed by atoms with E-state index < -0.39 is 17.9 Å². The summed E-state index contributed by atoms with van der Waals surface area (Å²) in [5, 5.41) is 0. The molecular weight excluding hydrogens is 335 g/mol. The summed E-state index contributed by atoms with van der Waals surface area (Å²) in [6.45, 7) is 3.74. The van der Waals surface area contributed by atoms with Gasteiger partial charge in [-0.3, -0.25) is 14.6 Å². The largest absolute Gasteiger partial charge is 0.332 e. The zero-order valence-electron chi connectivity index (χ0n) is 14.4. The first-order chi connectivity index (χ1) is 12.4. The van der Waals surface area contributed by atoms with Gasteiger partial charge in [0.15, 0.2) is 0 Å². The lowest BCUT2D eigenvalue weighted by Gasteiger charge is -2.19. The lowest BCUT2D eigenvalue weighted by molar-refractivity contribution is -0.127. The van der Waals surface area contributed by atoms with Crippen LogP contribution in [0.15, 0.2) is 48.8 Å². The molecule has 1 saturated heterocycles. The van der Waals surface area contributed by atoms with Gasteiger partial charge in [-0.25, -0.2) is 14.2 Å². The Labute approximate surface area is 149 Å². The van der Waals surface area contributed by atoms with Gasteiger partial charge in [-0.2, -0.15) is 0 Å². The summed E-state index contributed by atoms with van der Waals surface area (Å²) in [6.07, 6.45) is 3.75. The molecular formula is C19H17FN4O2. The van der Waals surface area contributed by atoms with Crippen LogP contribution in [0.25, 0.3) is 5.65 Å². The van der Waals surface area contributed by atoms with Crippen molar-refractivity contribution in [2.24, 2.45) is 0 Å². The summed E-state index contributed by atoms with van der Waals surface area (Å²) >= 11 is 0. The van der Waals surface area contributed by atoms with Gasteiger partial charge in [0.2, 0.25) is 0 Å². The second-order valence-corrected chi connectivity index (χ2v) is 6.43. The molecule has 0 N–H and O–H groups in total. The normalized spacial score (nSPS) is 17.6. The van der Waals surface area contributed by atoms with E-state index in [2.05, 4.69) is 4.98 Å². The molecule has 0 aliphatic carbocycles. The Balaban J connectivity index is 1.62. The smallest absolute Gasteiger partial charge is 0.306 e. The summed E-state index contributed by atoms with van der Waals surface area (Å²) in [6, 6.07) is 8.30. The van der Waals surface area contributed by atoms with Gasteiger partial charge in [-0.1, -0.05) is 6.07 Å². The van der Waals surface area contributed by atoms with Gasteiger partial charge < -0.3 is 4.40 Å². The third-order valence-corrected chi connectivity index (χ3v) is 4.52. The van der Waals surface area contributed by atoms with Crippen molar-refractivity contribution in [3.8, 4) is 0 Å². The van der Waals surface area contributed by atoms with Crippen LogP contribution in [0.5, 0.6) is 0 Å². The van der Waals surface area contributed by atoms with E-state index in [1.165, 1.54) is 34.1 Å². The van der Waals surface area contributed by atoms with Crippen LogP contribution in [0.2, 0.25) is 0 Å². The number of aromatic nitrogens is 2. The summed E-state index contributed by atoms with van der Waals surface area (Å²) in [5.41, 5.74) is 2.97. The van der Waals surface area contributed by atoms with E-state index in [9.17, 15) is 14.0 Å². The Morgan fingerprint density at radius 3 is 2.54 bits per heavy atom. The fourth-order valence-electron chi connectivity index (χ4n) is 3.20. The number of anilines is 1. The molecule has 4 rings (SSSR count). The number of hydrogen-bond acceptors (Lipinski definition) is 3. The topological polar surface area (TPSA) is 57.9 Å². The molecule has 1 aliphatic rings. The van der Waals surface area contributed by atoms with Crippen molar-refractivity contribution in [2.45, 2.75) is 26.4 Å². The lowest BCUT2D eigenvalue weighted by atomic mass is 10.2. The van der Waals surface area contributed by atoms with Crippen LogP contribution in [0.1, 0.15) is 18.2 Å². The number of aryl methyl sites for hydroxylation is 1. The van der Waals surface area contributed by atoms with Crippen LogP contribution >= 0.6 is 0 Å². The Hall–Kier alpha value is -3.22. The van der Waals surface area contributed by atoms with Crippen molar-refractivity contribution in [3.05, 3.63) is 65.9 Å². The van der Waals surface area contributed by atoms with Gasteiger partial charge in [-0.15, -0.1) is 0 Å². The molecule has 1 fully saturated rings. The molecule has 0 spiro atoms. The highest BCUT2D eigenvalue weighted by molar-refractivity contribution is 6.13. The first kappa shape index (κ1) is 16.3. The van der Waals surface area contributed by atoms with E-state index in [-0.39, 0.29) is 12.5 Å². The molecule has 1 aliphatic heterocycles. The van der Waals surface area contributed by atoms with Gasteiger partial charge >= 0.3 is 6.03 Å². The van der Waals surface area contributed by atoms with Crippen LogP contribution in [0.4, 0.5) is 14.9 Å². The molecule has 7 heteroatoms. The average molecular weight is 352 g/mol. The fourth-order valence-corrected chi connectivity index (χ4v) is 3.20. The second-order valence-electron chi connectivity index (χ2n) is 6.43. The molecule has 132 valence electrons. The van der Waals surface area contributed by atoms with Crippen LogP contribution in [0, 0.1) is 12.7 Å². The number of urea groups is 1. The van der Waals surface area contributed by atoms with E-state index in [1.54, 1.807) is 6.92 Å². The molecule has 0 saturated carbocycles. The van der Waals surface area contributed by atoms with Gasteiger partial charge in [-0.05, 0) is 49.7 Å². The van der Waals surface area contributed by atoms with Gasteiger partial charge in [0.25, 0.3) is 5.91 Å². The maximum Gasteiger partial charge on any atom is 0.332 e. The quantitative estimate of drug-likeness (QED) is 0.681. The third kappa shape index (κ3) is 2.61. The number of rotatable bonds is 3. The van der Waals surface area contributed by atoms with E-state index in [4.69, 9.17) is 0 Å². The molecule has 2 aromatic heterocycles. The molecule has 0 unspecified atom stereocenters. The number of imide groups is 1. The maximum absolute atomic E-state index is 13.1. The number of carbonyl (C=O) groups excluding carboxylic acids is 2. The SMILES string of the molecule is Cc1ccc2nc(CN3C(=O)[C@@H](C)N(c4ccc(F)cc4)C3=O)cn2c1. The van der Waals surface area contributed by atoms with Crippen LogP contribution in [-0.4, -0.2) is 32.3 Å². The predicted molar refractivity (Wildman–Crippen MR) is 94.2 cm³/mol. The Morgan fingerprint density at radius 2 is 1.81 bits per heavy atom. The molecule has 3 aromatic rings. The van der Waals surface area contributed by atoms with Crippen LogP contribution in [-0.2, 0) is 11.3 Å². The number of hydrogen-bond donors (Lipinski definition) is 0. The minimum absolute atomic E-state index is 0.0976. The van der Waals surface area contributed by atoms with Crippen molar-refractivity contribution in [1.29, 1.82) is 0 Å². The van der Waals surface area contributed by atoms with E-state index >= 15 is 0 Å². The summed E-state index contributed by atoms with van der Waals surface area (Å²) < 4.78 is 15.0. The molecule has 0 radical (unpaired) electrons. The molecule has 3 amide bonds. The van der Waals surface area contributed by atoms with E-state index in [0.29, 0.717) is 11.4 Å². The zero-order valence-corrected chi connectivity index (χ0v) is 14.4. The molecule has 26 heavy (non-hydrogen) atoms. The van der Waals surface area contributed by atoms with Gasteiger partial charge in [0.05, 0.1) is 12.2 Å². The maximum atomic E-state index is 13.1. The van der Waals surface area contributed by atoms with Crippen LogP contribution < -0.4 is 4.90 Å². The van der Waals surface area contributed by atoms with Gasteiger partial charge in [0, 0.05) is 18.1 Å². The number of carbonyl (C=O) groups is 2. The molecule has 1 atom stereocenters. The highest BCUT2D eigenvalue weighted by Crippen LogP contribution is 2.27. The lowest BCUT2D eigenvalue weighted by Crippen LogP contribution is -2.33. The monoisotopic (exact) mass is 352 g/mol. The van der Waals surface area contributed by atoms with Crippen molar-refractivity contribution in [1.82, 2.24) is 14.3 Å². The minimum atomic E-state index is -0.646.